The van der Waals surface area contributed by atoms with Crippen LogP contribution < -0.4 is 9.62 Å². The second-order valence-electron chi connectivity index (χ2n) is 9.76. The van der Waals surface area contributed by atoms with Gasteiger partial charge in [-0.1, -0.05) is 30.5 Å². The molecule has 1 spiro atoms. The summed E-state index contributed by atoms with van der Waals surface area (Å²) in [5.41, 5.74) is 0.655. The third-order valence-electron chi connectivity index (χ3n) is 7.25. The smallest absolute Gasteiger partial charge is 0.268 e. The van der Waals surface area contributed by atoms with Crippen molar-refractivity contribution in [2.45, 2.75) is 37.0 Å². The molecular formula is C23H26ClF3N4O2S. The molecule has 1 saturated carbocycles. The molecule has 2 saturated heterocycles. The SMILES string of the molecule is O=S(=O)(Nc1cccc(F)n1)c1c(F)cc(N2CCC(CN3CC4(CCCC4)C3)C2)c(Cl)c1F. The van der Waals surface area contributed by atoms with Gasteiger partial charge in [-0.05, 0) is 42.7 Å². The van der Waals surface area contributed by atoms with E-state index in [2.05, 4.69) is 9.88 Å². The van der Waals surface area contributed by atoms with Crippen molar-refractivity contribution < 1.29 is 21.6 Å². The summed E-state index contributed by atoms with van der Waals surface area (Å²) in [6, 6.07) is 4.37. The fraction of sp³-hybridized carbons (Fsp3) is 0.522. The largest absolute Gasteiger partial charge is 0.370 e. The Kier molecular flexibility index (Phi) is 6.18. The van der Waals surface area contributed by atoms with E-state index < -0.39 is 43.3 Å². The molecule has 34 heavy (non-hydrogen) atoms. The van der Waals surface area contributed by atoms with Crippen molar-refractivity contribution in [3.63, 3.8) is 0 Å². The van der Waals surface area contributed by atoms with Crippen LogP contribution in [0.4, 0.5) is 24.7 Å². The number of sulfonamides is 1. The van der Waals surface area contributed by atoms with Crippen LogP contribution in [0.3, 0.4) is 0 Å². The van der Waals surface area contributed by atoms with Crippen molar-refractivity contribution in [1.29, 1.82) is 0 Å². The van der Waals surface area contributed by atoms with Crippen molar-refractivity contribution in [3.8, 4) is 0 Å². The minimum Gasteiger partial charge on any atom is -0.370 e. The number of anilines is 2. The molecule has 6 nitrogen and oxygen atoms in total. The summed E-state index contributed by atoms with van der Waals surface area (Å²) >= 11 is 6.20. The fourth-order valence-corrected chi connectivity index (χ4v) is 7.20. The number of aromatic nitrogens is 1. The standard InChI is InChI=1S/C23H26ClF3N4O2S/c24-20-17(31-9-6-15(12-31)11-30-13-23(14-30)7-1-2-8-23)10-16(25)22(21(20)27)34(32,33)29-19-5-3-4-18(26)28-19/h3-5,10,15H,1-2,6-9,11-14H2,(H,28,29). The Labute approximate surface area is 202 Å². The highest BCUT2D eigenvalue weighted by atomic mass is 35.5. The summed E-state index contributed by atoms with van der Waals surface area (Å²) < 4.78 is 70.4. The summed E-state index contributed by atoms with van der Waals surface area (Å²) in [4.78, 5) is 6.42. The number of likely N-dealkylation sites (tertiary alicyclic amines) is 1. The van der Waals surface area contributed by atoms with Crippen molar-refractivity contribution in [2.24, 2.45) is 11.3 Å². The van der Waals surface area contributed by atoms with Crippen LogP contribution in [-0.2, 0) is 10.0 Å². The number of benzene rings is 1. The zero-order valence-corrected chi connectivity index (χ0v) is 20.1. The normalized spacial score (nSPS) is 22.4. The van der Waals surface area contributed by atoms with E-state index in [1.165, 1.54) is 37.8 Å². The molecule has 3 fully saturated rings. The van der Waals surface area contributed by atoms with E-state index in [0.717, 1.165) is 38.2 Å². The molecule has 184 valence electrons. The fourth-order valence-electron chi connectivity index (χ4n) is 5.73. The summed E-state index contributed by atoms with van der Waals surface area (Å²) in [5.74, 6) is -3.63. The van der Waals surface area contributed by atoms with Gasteiger partial charge in [0.1, 0.15) is 16.7 Å². The number of nitrogens with one attached hydrogen (secondary N) is 1. The quantitative estimate of drug-likeness (QED) is 0.449. The van der Waals surface area contributed by atoms with Gasteiger partial charge in [0.15, 0.2) is 10.7 Å². The molecule has 1 N–H and O–H groups in total. The molecule has 1 aromatic heterocycles. The van der Waals surface area contributed by atoms with Gasteiger partial charge in [-0.15, -0.1) is 0 Å². The monoisotopic (exact) mass is 514 g/mol. The van der Waals surface area contributed by atoms with E-state index in [4.69, 9.17) is 11.6 Å². The minimum atomic E-state index is -4.73. The zero-order valence-electron chi connectivity index (χ0n) is 18.5. The van der Waals surface area contributed by atoms with Gasteiger partial charge in [-0.3, -0.25) is 4.72 Å². The average molecular weight is 515 g/mol. The molecule has 5 rings (SSSR count). The van der Waals surface area contributed by atoms with E-state index in [9.17, 15) is 17.2 Å². The number of pyridine rings is 1. The van der Waals surface area contributed by atoms with Gasteiger partial charge in [0, 0.05) is 38.8 Å². The lowest BCUT2D eigenvalue weighted by atomic mass is 9.78. The summed E-state index contributed by atoms with van der Waals surface area (Å²) in [6.07, 6.45) is 6.14. The van der Waals surface area contributed by atoms with Crippen LogP contribution in [0, 0.1) is 28.9 Å². The Balaban J connectivity index is 1.29. The molecule has 1 aromatic carbocycles. The third kappa shape index (κ3) is 4.47. The average Bonchev–Trinajstić information content (AvgIpc) is 3.40. The Morgan fingerprint density at radius 2 is 1.91 bits per heavy atom. The van der Waals surface area contributed by atoms with Gasteiger partial charge in [0.05, 0.1) is 5.69 Å². The van der Waals surface area contributed by atoms with E-state index in [1.54, 1.807) is 0 Å². The van der Waals surface area contributed by atoms with Crippen LogP contribution >= 0.6 is 11.6 Å². The highest BCUT2D eigenvalue weighted by Gasteiger charge is 2.45. The van der Waals surface area contributed by atoms with Crippen molar-refractivity contribution >= 4 is 33.1 Å². The predicted molar refractivity (Wildman–Crippen MR) is 124 cm³/mol. The topological polar surface area (TPSA) is 65.5 Å². The van der Waals surface area contributed by atoms with Gasteiger partial charge in [0.25, 0.3) is 10.0 Å². The van der Waals surface area contributed by atoms with Crippen LogP contribution in [0.1, 0.15) is 32.1 Å². The van der Waals surface area contributed by atoms with Gasteiger partial charge >= 0.3 is 0 Å². The molecule has 11 heteroatoms. The molecule has 1 aliphatic carbocycles. The molecule has 3 heterocycles. The van der Waals surface area contributed by atoms with Crippen molar-refractivity contribution in [3.05, 3.63) is 46.9 Å². The van der Waals surface area contributed by atoms with Crippen LogP contribution in [0.5, 0.6) is 0 Å². The van der Waals surface area contributed by atoms with Gasteiger partial charge in [-0.2, -0.15) is 4.39 Å². The Bertz CT molecular complexity index is 1200. The van der Waals surface area contributed by atoms with Crippen molar-refractivity contribution in [2.75, 3.05) is 42.3 Å². The number of nitrogens with zero attached hydrogens (tertiary/aromatic N) is 3. The molecule has 0 radical (unpaired) electrons. The number of halogens is 4. The van der Waals surface area contributed by atoms with Gasteiger partial charge in [0.2, 0.25) is 5.95 Å². The Hall–Kier alpha value is -2.04. The molecule has 2 aromatic rings. The second-order valence-corrected chi connectivity index (χ2v) is 11.8. The highest BCUT2D eigenvalue weighted by Crippen LogP contribution is 2.46. The van der Waals surface area contributed by atoms with E-state index in [0.29, 0.717) is 24.4 Å². The van der Waals surface area contributed by atoms with Crippen LogP contribution in [0.25, 0.3) is 0 Å². The number of rotatable bonds is 6. The number of hydrogen-bond donors (Lipinski definition) is 1. The lowest BCUT2D eigenvalue weighted by Crippen LogP contribution is -2.56. The van der Waals surface area contributed by atoms with Gasteiger partial charge in [-0.25, -0.2) is 22.2 Å². The maximum atomic E-state index is 15.1. The van der Waals surface area contributed by atoms with Crippen molar-refractivity contribution in [1.82, 2.24) is 9.88 Å². The zero-order chi connectivity index (χ0) is 24.1. The number of hydrogen-bond acceptors (Lipinski definition) is 5. The van der Waals surface area contributed by atoms with E-state index in [-0.39, 0.29) is 5.69 Å². The molecule has 3 aliphatic rings. The van der Waals surface area contributed by atoms with E-state index >= 15 is 4.39 Å². The summed E-state index contributed by atoms with van der Waals surface area (Å²) in [6.45, 7) is 4.39. The molecule has 1 unspecified atom stereocenters. The summed E-state index contributed by atoms with van der Waals surface area (Å²) in [7, 11) is -4.73. The molecule has 0 amide bonds. The summed E-state index contributed by atoms with van der Waals surface area (Å²) in [5, 5.41) is -0.455. The predicted octanol–water partition coefficient (Wildman–Crippen LogP) is 4.66. The Morgan fingerprint density at radius 3 is 2.62 bits per heavy atom. The lowest BCUT2D eigenvalue weighted by Gasteiger charge is -2.49. The van der Waals surface area contributed by atoms with Crippen LogP contribution in [0.15, 0.2) is 29.2 Å². The first kappa shape index (κ1) is 23.7. The lowest BCUT2D eigenvalue weighted by molar-refractivity contribution is -0.00291. The minimum absolute atomic E-state index is 0.137. The maximum Gasteiger partial charge on any atom is 0.268 e. The second kappa shape index (κ2) is 8.87. The first-order valence-electron chi connectivity index (χ1n) is 11.5. The van der Waals surface area contributed by atoms with Gasteiger partial charge < -0.3 is 9.80 Å². The first-order valence-corrected chi connectivity index (χ1v) is 13.3. The molecular weight excluding hydrogens is 489 g/mol. The highest BCUT2D eigenvalue weighted by molar-refractivity contribution is 7.92. The molecule has 2 aliphatic heterocycles. The Morgan fingerprint density at radius 1 is 1.18 bits per heavy atom. The third-order valence-corrected chi connectivity index (χ3v) is 8.99. The van der Waals surface area contributed by atoms with E-state index in [1.807, 2.05) is 9.62 Å². The molecule has 0 bridgehead atoms. The maximum absolute atomic E-state index is 15.1. The molecule has 1 atom stereocenters. The first-order chi connectivity index (χ1) is 16.2. The van der Waals surface area contributed by atoms with Crippen LogP contribution in [0.2, 0.25) is 5.02 Å². The van der Waals surface area contributed by atoms with Crippen LogP contribution in [-0.4, -0.2) is 51.0 Å².